The van der Waals surface area contributed by atoms with Crippen LogP contribution in [0.25, 0.3) is 0 Å². The molecule has 0 aromatic carbocycles. The molecule has 0 aliphatic carbocycles. The molecular formula is H3HfIO3. The topological polar surface area (TPSA) is 90.0 Å². The molecule has 0 aromatic heterocycles. The van der Waals surface area contributed by atoms with Gasteiger partial charge in [-0.05, 0) is 0 Å². The Balaban J connectivity index is 0. The average Bonchev–Trinajstić information content (AvgIpc) is 0. The van der Waals surface area contributed by atoms with E-state index in [4.69, 9.17) is 0 Å². The van der Waals surface area contributed by atoms with E-state index < -0.39 is 0 Å². The van der Waals surface area contributed by atoms with Crippen LogP contribution in [0.3, 0.4) is 0 Å². The number of hydrogen-bond acceptors (Lipinski definition) is 3. The third-order valence-corrected chi connectivity index (χ3v) is 0. The molecule has 5 heavy (non-hydrogen) atoms. The number of hydrogen-bond donors (Lipinski definition) is 0. The fourth-order valence-corrected chi connectivity index (χ4v) is 0. The summed E-state index contributed by atoms with van der Waals surface area (Å²) in [5, 5.41) is 0. The summed E-state index contributed by atoms with van der Waals surface area (Å²) >= 11 is 0. The molecule has 0 fully saturated rings. The second-order valence-corrected chi connectivity index (χ2v) is 0. The van der Waals surface area contributed by atoms with E-state index in [0.29, 0.717) is 0 Å². The Bertz CT molecular complexity index is 6.85. The standard InChI is InChI=1S/Hf.HI.3H2O/h;1H;3*1H2/q+4;;;;/p-4. The molecule has 0 bridgehead atoms. The third-order valence-electron chi connectivity index (χ3n) is 0. The van der Waals surface area contributed by atoms with Crippen LogP contribution in [0.15, 0.2) is 0 Å². The van der Waals surface area contributed by atoms with Crippen molar-refractivity contribution in [2.75, 3.05) is 0 Å². The molecule has 0 spiro atoms. The minimum absolute atomic E-state index is 0. The quantitative estimate of drug-likeness (QED) is 0.333. The molecule has 0 saturated heterocycles. The maximum Gasteiger partial charge on any atom is 4.00 e. The molecule has 0 atom stereocenters. The monoisotopic (exact) mass is 358 g/mol. The van der Waals surface area contributed by atoms with Crippen molar-refractivity contribution in [3.63, 3.8) is 0 Å². The summed E-state index contributed by atoms with van der Waals surface area (Å²) in [4.78, 5) is 0. The van der Waals surface area contributed by atoms with Gasteiger partial charge < -0.3 is 40.4 Å². The molecule has 5 heteroatoms. The van der Waals surface area contributed by atoms with Crippen LogP contribution < -0.4 is 24.0 Å². The fourth-order valence-electron chi connectivity index (χ4n) is 0. The van der Waals surface area contributed by atoms with E-state index in [1.807, 2.05) is 0 Å². The largest absolute Gasteiger partial charge is 4.00 e. The van der Waals surface area contributed by atoms with E-state index in [-0.39, 0.29) is 66.2 Å². The first-order chi connectivity index (χ1) is 0. The summed E-state index contributed by atoms with van der Waals surface area (Å²) in [6, 6.07) is 0. The zero-order chi connectivity index (χ0) is 0. The van der Waals surface area contributed by atoms with Crippen LogP contribution in [0.4, 0.5) is 0 Å². The summed E-state index contributed by atoms with van der Waals surface area (Å²) in [6.07, 6.45) is 0. The van der Waals surface area contributed by atoms with Crippen molar-refractivity contribution in [1.82, 2.24) is 0 Å². The summed E-state index contributed by atoms with van der Waals surface area (Å²) in [5.41, 5.74) is 0. The van der Waals surface area contributed by atoms with Crippen LogP contribution in [0.5, 0.6) is 0 Å². The van der Waals surface area contributed by atoms with Gasteiger partial charge in [-0.3, -0.25) is 0 Å². The first kappa shape index (κ1) is 88.8. The molecule has 0 rings (SSSR count). The van der Waals surface area contributed by atoms with Gasteiger partial charge in [-0.25, -0.2) is 0 Å². The van der Waals surface area contributed by atoms with Crippen molar-refractivity contribution in [3.8, 4) is 0 Å². The van der Waals surface area contributed by atoms with Gasteiger partial charge >= 0.3 is 25.8 Å². The molecule has 3 N–H and O–H groups in total. The van der Waals surface area contributed by atoms with Gasteiger partial charge in [0.15, 0.2) is 0 Å². The molecule has 0 aromatic rings. The van der Waals surface area contributed by atoms with Gasteiger partial charge in [-0.15, -0.1) is 0 Å². The molecule has 0 heterocycles. The number of rotatable bonds is 0. The van der Waals surface area contributed by atoms with Gasteiger partial charge in [0.2, 0.25) is 0 Å². The molecule has 0 unspecified atom stereocenters. The Hall–Kier alpha value is 1.48. The van der Waals surface area contributed by atoms with Gasteiger partial charge in [0, 0.05) is 0 Å². The minimum atomic E-state index is 0. The Morgan fingerprint density at radius 3 is 0.600 bits per heavy atom. The van der Waals surface area contributed by atoms with Crippen LogP contribution in [-0.4, -0.2) is 16.4 Å². The van der Waals surface area contributed by atoms with Crippen LogP contribution in [-0.2, 0) is 25.8 Å². The van der Waals surface area contributed by atoms with E-state index in [2.05, 4.69) is 0 Å². The smallest absolute Gasteiger partial charge is 1.00 e. The second-order valence-electron chi connectivity index (χ2n) is 0. The van der Waals surface area contributed by atoms with E-state index in [9.17, 15) is 0 Å². The molecule has 0 saturated carbocycles. The van der Waals surface area contributed by atoms with E-state index in [0.717, 1.165) is 0 Å². The predicted octanol–water partition coefficient (Wildman–Crippen LogP) is -3.53. The second kappa shape index (κ2) is 50.2. The molecule has 32 valence electrons. The van der Waals surface area contributed by atoms with Gasteiger partial charge in [0.1, 0.15) is 0 Å². The summed E-state index contributed by atoms with van der Waals surface area (Å²) in [6.45, 7) is 0. The zero-order valence-electron chi connectivity index (χ0n) is 2.22. The third kappa shape index (κ3) is 30.3. The maximum atomic E-state index is 0. The Kier molecular flexibility index (Phi) is 892. The van der Waals surface area contributed by atoms with Crippen molar-refractivity contribution in [3.05, 3.63) is 0 Å². The van der Waals surface area contributed by atoms with Crippen molar-refractivity contribution in [2.24, 2.45) is 0 Å². The SMILES string of the molecule is [Hf+4].[I-].[OH-].[OH-].[OH-]. The van der Waals surface area contributed by atoms with E-state index >= 15 is 0 Å². The first-order valence-corrected chi connectivity index (χ1v) is 0. The Morgan fingerprint density at radius 1 is 0.600 bits per heavy atom. The van der Waals surface area contributed by atoms with Gasteiger partial charge in [0.05, 0.1) is 0 Å². The maximum absolute atomic E-state index is 0. The van der Waals surface area contributed by atoms with Crippen LogP contribution >= 0.6 is 0 Å². The first-order valence-electron chi connectivity index (χ1n) is 0. The normalized spacial score (nSPS) is 0. The average molecular weight is 356 g/mol. The summed E-state index contributed by atoms with van der Waals surface area (Å²) < 4.78 is 0. The van der Waals surface area contributed by atoms with Crippen molar-refractivity contribution >= 4 is 0 Å². The molecule has 0 aliphatic rings. The summed E-state index contributed by atoms with van der Waals surface area (Å²) in [5.74, 6) is 0. The van der Waals surface area contributed by atoms with Gasteiger partial charge in [-0.1, -0.05) is 0 Å². The van der Waals surface area contributed by atoms with Crippen LogP contribution in [0, 0.1) is 0 Å². The van der Waals surface area contributed by atoms with Gasteiger partial charge in [-0.2, -0.15) is 0 Å². The molecular weight excluding hydrogens is 353 g/mol. The van der Waals surface area contributed by atoms with E-state index in [1.165, 1.54) is 0 Å². The summed E-state index contributed by atoms with van der Waals surface area (Å²) in [7, 11) is 0. The zero-order valence-corrected chi connectivity index (χ0v) is 7.97. The molecule has 3 nitrogen and oxygen atoms in total. The Morgan fingerprint density at radius 2 is 0.600 bits per heavy atom. The molecule has 0 aliphatic heterocycles. The fraction of sp³-hybridized carbons (Fsp3) is 0. The molecule has 0 amide bonds. The van der Waals surface area contributed by atoms with Crippen molar-refractivity contribution < 1.29 is 66.2 Å². The van der Waals surface area contributed by atoms with Gasteiger partial charge in [0.25, 0.3) is 0 Å². The minimum Gasteiger partial charge on any atom is -1.00 e. The number of halogens is 1. The van der Waals surface area contributed by atoms with Crippen molar-refractivity contribution in [2.45, 2.75) is 0 Å². The van der Waals surface area contributed by atoms with Crippen LogP contribution in [0.1, 0.15) is 0 Å². The van der Waals surface area contributed by atoms with E-state index in [1.54, 1.807) is 0 Å². The predicted molar refractivity (Wildman–Crippen MR) is 5.81 cm³/mol. The van der Waals surface area contributed by atoms with Crippen molar-refractivity contribution in [1.29, 1.82) is 0 Å². The van der Waals surface area contributed by atoms with Crippen LogP contribution in [0.2, 0.25) is 0 Å². The molecule has 0 radical (unpaired) electrons. The Labute approximate surface area is 65.9 Å².